The molecule has 0 saturated heterocycles. The van der Waals surface area contributed by atoms with Crippen LogP contribution in [0.15, 0.2) is 65.8 Å². The van der Waals surface area contributed by atoms with Crippen molar-refractivity contribution in [3.8, 4) is 23.0 Å². The van der Waals surface area contributed by atoms with Crippen molar-refractivity contribution in [2.75, 3.05) is 21.3 Å². The van der Waals surface area contributed by atoms with E-state index < -0.39 is 6.23 Å². The summed E-state index contributed by atoms with van der Waals surface area (Å²) in [4.78, 5) is 0. The van der Waals surface area contributed by atoms with Crippen molar-refractivity contribution in [2.24, 2.45) is 5.10 Å². The van der Waals surface area contributed by atoms with E-state index in [4.69, 9.17) is 35.6 Å². The molecule has 0 amide bonds. The topological polar surface area (TPSA) is 52.5 Å². The molecule has 6 nitrogen and oxygen atoms in total. The molecule has 0 saturated carbocycles. The van der Waals surface area contributed by atoms with E-state index in [-0.39, 0.29) is 6.04 Å². The first-order valence-corrected chi connectivity index (χ1v) is 10.7. The molecular formula is C25H23ClN2O4. The molecule has 0 aromatic heterocycles. The van der Waals surface area contributed by atoms with Gasteiger partial charge in [0.1, 0.15) is 11.5 Å². The Morgan fingerprint density at radius 1 is 0.906 bits per heavy atom. The number of halogens is 1. The minimum atomic E-state index is -0.491. The molecule has 0 unspecified atom stereocenters. The second-order valence-corrected chi connectivity index (χ2v) is 8.05. The van der Waals surface area contributed by atoms with Crippen LogP contribution >= 0.6 is 11.6 Å². The van der Waals surface area contributed by atoms with E-state index in [1.54, 1.807) is 21.3 Å². The van der Waals surface area contributed by atoms with Gasteiger partial charge in [0, 0.05) is 23.1 Å². The normalized spacial score (nSPS) is 18.9. The minimum absolute atomic E-state index is 0.00339. The van der Waals surface area contributed by atoms with Crippen molar-refractivity contribution in [3.63, 3.8) is 0 Å². The van der Waals surface area contributed by atoms with Gasteiger partial charge < -0.3 is 18.9 Å². The van der Waals surface area contributed by atoms with E-state index >= 15 is 0 Å². The highest BCUT2D eigenvalue weighted by molar-refractivity contribution is 6.30. The van der Waals surface area contributed by atoms with Gasteiger partial charge in [0.2, 0.25) is 6.23 Å². The van der Waals surface area contributed by atoms with Gasteiger partial charge in [0.05, 0.1) is 38.6 Å². The van der Waals surface area contributed by atoms with Crippen molar-refractivity contribution in [3.05, 3.63) is 82.4 Å². The van der Waals surface area contributed by atoms with Crippen molar-refractivity contribution < 1.29 is 18.9 Å². The fourth-order valence-electron chi connectivity index (χ4n) is 4.29. The Bertz CT molecular complexity index is 1180. The van der Waals surface area contributed by atoms with Gasteiger partial charge in [0.25, 0.3) is 0 Å². The van der Waals surface area contributed by atoms with Gasteiger partial charge in [-0.1, -0.05) is 35.9 Å². The number of nitrogens with zero attached hydrogens (tertiary/aromatic N) is 2. The third kappa shape index (κ3) is 3.41. The van der Waals surface area contributed by atoms with Crippen LogP contribution in [0.4, 0.5) is 0 Å². The highest BCUT2D eigenvalue weighted by atomic mass is 35.5. The molecular weight excluding hydrogens is 428 g/mol. The maximum Gasteiger partial charge on any atom is 0.217 e. The summed E-state index contributed by atoms with van der Waals surface area (Å²) in [6, 6.07) is 19.4. The van der Waals surface area contributed by atoms with Crippen LogP contribution in [0.5, 0.6) is 23.0 Å². The van der Waals surface area contributed by atoms with Crippen molar-refractivity contribution >= 4 is 17.3 Å². The zero-order valence-corrected chi connectivity index (χ0v) is 18.8. The van der Waals surface area contributed by atoms with Crippen LogP contribution < -0.4 is 18.9 Å². The maximum atomic E-state index is 6.53. The molecule has 2 aliphatic heterocycles. The summed E-state index contributed by atoms with van der Waals surface area (Å²) in [5.41, 5.74) is 3.91. The largest absolute Gasteiger partial charge is 0.497 e. The lowest BCUT2D eigenvalue weighted by molar-refractivity contribution is -0.0222. The Hall–Kier alpha value is -3.38. The van der Waals surface area contributed by atoms with Crippen LogP contribution in [0.2, 0.25) is 5.02 Å². The molecule has 3 aromatic rings. The molecule has 0 aliphatic carbocycles. The molecule has 0 N–H and O–H groups in total. The van der Waals surface area contributed by atoms with Crippen LogP contribution in [0, 0.1) is 0 Å². The Kier molecular flexibility index (Phi) is 5.31. The van der Waals surface area contributed by atoms with Gasteiger partial charge in [-0.15, -0.1) is 0 Å². The molecule has 32 heavy (non-hydrogen) atoms. The van der Waals surface area contributed by atoms with Crippen LogP contribution in [0.1, 0.15) is 35.4 Å². The van der Waals surface area contributed by atoms with E-state index in [1.807, 2.05) is 59.6 Å². The van der Waals surface area contributed by atoms with Crippen molar-refractivity contribution in [2.45, 2.75) is 18.7 Å². The number of rotatable bonds is 5. The van der Waals surface area contributed by atoms with E-state index in [9.17, 15) is 0 Å². The summed E-state index contributed by atoms with van der Waals surface area (Å²) in [7, 11) is 4.92. The first-order valence-electron chi connectivity index (χ1n) is 10.3. The molecule has 2 aliphatic rings. The van der Waals surface area contributed by atoms with Gasteiger partial charge in [0.15, 0.2) is 11.5 Å². The van der Waals surface area contributed by atoms with E-state index in [0.29, 0.717) is 22.3 Å². The van der Waals surface area contributed by atoms with Gasteiger partial charge in [-0.05, 0) is 35.9 Å². The van der Waals surface area contributed by atoms with Crippen LogP contribution in [0.3, 0.4) is 0 Å². The summed E-state index contributed by atoms with van der Waals surface area (Å²) in [5, 5.41) is 7.70. The summed E-state index contributed by atoms with van der Waals surface area (Å²) in [6.07, 6.45) is 0.245. The summed E-state index contributed by atoms with van der Waals surface area (Å²) < 4.78 is 23.2. The lowest BCUT2D eigenvalue weighted by atomic mass is 9.95. The van der Waals surface area contributed by atoms with E-state index in [0.717, 1.165) is 34.6 Å². The lowest BCUT2D eigenvalue weighted by Gasteiger charge is -2.39. The molecule has 2 heterocycles. The number of hydrazone groups is 1. The minimum Gasteiger partial charge on any atom is -0.497 e. The Morgan fingerprint density at radius 2 is 1.69 bits per heavy atom. The van der Waals surface area contributed by atoms with Crippen LogP contribution in [-0.2, 0) is 0 Å². The number of benzene rings is 3. The average Bonchev–Trinajstić information content (AvgIpc) is 3.29. The number of methoxy groups -OCH3 is 3. The number of para-hydroxylation sites is 1. The first-order chi connectivity index (χ1) is 15.6. The van der Waals surface area contributed by atoms with Gasteiger partial charge >= 0.3 is 0 Å². The first kappa shape index (κ1) is 20.5. The standard InChI is InChI=1S/C25H23ClN2O4/c1-29-17-11-12-19(23(13-17)31-3)25-28-21(18-5-4-6-22(30-2)24(18)32-25)14-20(27-28)15-7-9-16(26)10-8-15/h4-13,21,25H,14H2,1-3H3/t21-,25-/m0/s1. The average molecular weight is 451 g/mol. The number of fused-ring (bicyclic) bond motifs is 3. The number of hydrogen-bond acceptors (Lipinski definition) is 6. The Morgan fingerprint density at radius 3 is 2.41 bits per heavy atom. The highest BCUT2D eigenvalue weighted by Crippen LogP contribution is 2.52. The van der Waals surface area contributed by atoms with Gasteiger partial charge in [-0.3, -0.25) is 0 Å². The quantitative estimate of drug-likeness (QED) is 0.505. The van der Waals surface area contributed by atoms with E-state index in [1.165, 1.54) is 0 Å². The fourth-order valence-corrected chi connectivity index (χ4v) is 4.41. The van der Waals surface area contributed by atoms with Crippen LogP contribution in [-0.4, -0.2) is 32.0 Å². The zero-order valence-electron chi connectivity index (χ0n) is 18.0. The van der Waals surface area contributed by atoms with E-state index in [2.05, 4.69) is 6.07 Å². The molecule has 0 radical (unpaired) electrons. The van der Waals surface area contributed by atoms with Crippen molar-refractivity contribution in [1.82, 2.24) is 5.01 Å². The summed E-state index contributed by atoms with van der Waals surface area (Å²) >= 11 is 6.09. The maximum absolute atomic E-state index is 6.53. The predicted molar refractivity (Wildman–Crippen MR) is 123 cm³/mol. The third-order valence-corrected chi connectivity index (χ3v) is 6.14. The number of ether oxygens (including phenoxy) is 4. The Balaban J connectivity index is 1.63. The second kappa shape index (κ2) is 8.28. The highest BCUT2D eigenvalue weighted by Gasteiger charge is 2.43. The smallest absolute Gasteiger partial charge is 0.217 e. The van der Waals surface area contributed by atoms with Crippen LogP contribution in [0.25, 0.3) is 0 Å². The molecule has 0 bridgehead atoms. The van der Waals surface area contributed by atoms with Gasteiger partial charge in [-0.2, -0.15) is 5.10 Å². The third-order valence-electron chi connectivity index (χ3n) is 5.88. The monoisotopic (exact) mass is 450 g/mol. The van der Waals surface area contributed by atoms with Gasteiger partial charge in [-0.25, -0.2) is 5.01 Å². The molecule has 0 spiro atoms. The Labute approximate surface area is 191 Å². The van der Waals surface area contributed by atoms with Crippen molar-refractivity contribution in [1.29, 1.82) is 0 Å². The summed E-state index contributed by atoms with van der Waals surface area (Å²) in [6.45, 7) is 0. The summed E-state index contributed by atoms with van der Waals surface area (Å²) in [5.74, 6) is 2.80. The molecule has 0 fully saturated rings. The zero-order chi connectivity index (χ0) is 22.2. The fraction of sp³-hybridized carbons (Fsp3) is 0.240. The molecule has 7 heteroatoms. The number of hydrogen-bond donors (Lipinski definition) is 0. The molecule has 2 atom stereocenters. The molecule has 5 rings (SSSR count). The predicted octanol–water partition coefficient (Wildman–Crippen LogP) is 5.61. The molecule has 164 valence electrons. The second-order valence-electron chi connectivity index (χ2n) is 7.61. The SMILES string of the molecule is COc1ccc([C@@H]2Oc3c(OC)cccc3[C@@H]3CC(c4ccc(Cl)cc4)=NN32)c(OC)c1. The lowest BCUT2D eigenvalue weighted by Crippen LogP contribution is -2.34. The molecule has 3 aromatic carbocycles.